The van der Waals surface area contributed by atoms with E-state index in [4.69, 9.17) is 5.73 Å². The van der Waals surface area contributed by atoms with E-state index in [0.717, 1.165) is 16.6 Å². The highest BCUT2D eigenvalue weighted by atomic mass is 16.2. The molecule has 7 heteroatoms. The van der Waals surface area contributed by atoms with Crippen LogP contribution in [0, 0.1) is 0 Å². The van der Waals surface area contributed by atoms with Gasteiger partial charge in [-0.25, -0.2) is 4.98 Å². The second-order valence-corrected chi connectivity index (χ2v) is 7.69. The summed E-state index contributed by atoms with van der Waals surface area (Å²) in [6, 6.07) is 12.5. The molecule has 5 N–H and O–H groups in total. The summed E-state index contributed by atoms with van der Waals surface area (Å²) in [6.45, 7) is 3.82. The number of para-hydroxylation sites is 2. The highest BCUT2D eigenvalue weighted by molar-refractivity contribution is 5.98. The van der Waals surface area contributed by atoms with Crippen LogP contribution in [0.4, 0.5) is 5.69 Å². The van der Waals surface area contributed by atoms with Crippen LogP contribution in [0.25, 0.3) is 11.0 Å². The van der Waals surface area contributed by atoms with E-state index in [1.165, 1.54) is 0 Å². The molecule has 3 aromatic rings. The van der Waals surface area contributed by atoms with Crippen LogP contribution in [0.3, 0.4) is 0 Å². The number of aromatic amines is 1. The Morgan fingerprint density at radius 3 is 2.82 bits per heavy atom. The van der Waals surface area contributed by atoms with Gasteiger partial charge in [0.1, 0.15) is 5.82 Å². The van der Waals surface area contributed by atoms with Gasteiger partial charge in [-0.1, -0.05) is 12.1 Å². The highest BCUT2D eigenvalue weighted by Crippen LogP contribution is 2.25. The number of nitrogens with one attached hydrogen (secondary N) is 3. The number of nitrogens with two attached hydrogens (primary N) is 1. The number of carbonyl (C=O) groups is 2. The largest absolute Gasteiger partial charge is 0.340 e. The fourth-order valence-corrected chi connectivity index (χ4v) is 3.40. The van der Waals surface area contributed by atoms with Gasteiger partial charge in [0.15, 0.2) is 0 Å². The summed E-state index contributed by atoms with van der Waals surface area (Å²) in [5.41, 5.74) is 9.10. The van der Waals surface area contributed by atoms with Crippen molar-refractivity contribution in [1.82, 2.24) is 15.3 Å². The van der Waals surface area contributed by atoms with Crippen molar-refractivity contribution in [3.05, 3.63) is 59.4 Å². The lowest BCUT2D eigenvalue weighted by molar-refractivity contribution is -0.117. The Kier molecular flexibility index (Phi) is 4.39. The molecule has 2 amide bonds. The van der Waals surface area contributed by atoms with Gasteiger partial charge in [-0.15, -0.1) is 0 Å². The van der Waals surface area contributed by atoms with Gasteiger partial charge in [-0.05, 0) is 62.6 Å². The minimum atomic E-state index is -0.681. The molecule has 1 atom stereocenters. The van der Waals surface area contributed by atoms with E-state index < -0.39 is 11.6 Å². The molecular weight excluding hydrogens is 354 g/mol. The van der Waals surface area contributed by atoms with Gasteiger partial charge in [0.05, 0.1) is 22.6 Å². The number of amides is 2. The van der Waals surface area contributed by atoms with E-state index in [-0.39, 0.29) is 11.8 Å². The third kappa shape index (κ3) is 3.36. The molecule has 0 saturated heterocycles. The van der Waals surface area contributed by atoms with Crippen molar-refractivity contribution in [3.63, 3.8) is 0 Å². The smallest absolute Gasteiger partial charge is 0.252 e. The summed E-state index contributed by atoms with van der Waals surface area (Å²) < 4.78 is 0. The summed E-state index contributed by atoms with van der Waals surface area (Å²) in [5.74, 6) is 0.296. The van der Waals surface area contributed by atoms with Crippen LogP contribution in [0.2, 0.25) is 0 Å². The average Bonchev–Trinajstić information content (AvgIpc) is 3.06. The van der Waals surface area contributed by atoms with E-state index in [0.29, 0.717) is 29.9 Å². The standard InChI is InChI=1S/C21H23N5O2/c1-21(2,20-24-16-5-3-4-6-17(16)25-20)26-18(27)13-8-10-15-12(11-13)7-9-14(22)19(28)23-15/h3-6,8,10-11,14H,7,9,22H2,1-2H3,(H,23,28)(H,24,25)(H,26,27). The first kappa shape index (κ1) is 18.2. The number of anilines is 1. The number of nitrogens with zero attached hydrogens (tertiary/aromatic N) is 1. The lowest BCUT2D eigenvalue weighted by atomic mass is 10.0. The van der Waals surface area contributed by atoms with Crippen molar-refractivity contribution in [2.24, 2.45) is 5.73 Å². The number of H-pyrrole nitrogens is 1. The van der Waals surface area contributed by atoms with E-state index in [1.54, 1.807) is 12.1 Å². The van der Waals surface area contributed by atoms with Crippen molar-refractivity contribution in [2.45, 2.75) is 38.3 Å². The van der Waals surface area contributed by atoms with Gasteiger partial charge >= 0.3 is 0 Å². The molecule has 0 aliphatic carbocycles. The van der Waals surface area contributed by atoms with Crippen LogP contribution in [-0.4, -0.2) is 27.8 Å². The minimum absolute atomic E-state index is 0.193. The zero-order chi connectivity index (χ0) is 19.9. The fraction of sp³-hybridized carbons (Fsp3) is 0.286. The molecule has 1 aliphatic heterocycles. The quantitative estimate of drug-likeness (QED) is 0.561. The zero-order valence-electron chi connectivity index (χ0n) is 15.9. The number of rotatable bonds is 3. The summed E-state index contributed by atoms with van der Waals surface area (Å²) in [6.07, 6.45) is 1.19. The van der Waals surface area contributed by atoms with Gasteiger partial charge in [0, 0.05) is 11.3 Å². The maximum atomic E-state index is 12.9. The Labute approximate surface area is 162 Å². The average molecular weight is 377 g/mol. The monoisotopic (exact) mass is 377 g/mol. The first-order valence-electron chi connectivity index (χ1n) is 9.30. The third-order valence-corrected chi connectivity index (χ3v) is 5.09. The Balaban J connectivity index is 1.57. The molecule has 1 aliphatic rings. The Morgan fingerprint density at radius 2 is 2.04 bits per heavy atom. The van der Waals surface area contributed by atoms with Crippen molar-refractivity contribution in [2.75, 3.05) is 5.32 Å². The number of hydrogen-bond donors (Lipinski definition) is 4. The minimum Gasteiger partial charge on any atom is -0.340 e. The second kappa shape index (κ2) is 6.76. The normalized spacial score (nSPS) is 17.0. The summed E-state index contributed by atoms with van der Waals surface area (Å²) in [4.78, 5) is 32.6. The van der Waals surface area contributed by atoms with Gasteiger partial charge in [-0.3, -0.25) is 9.59 Å². The lowest BCUT2D eigenvalue weighted by Crippen LogP contribution is -2.41. The Morgan fingerprint density at radius 1 is 1.25 bits per heavy atom. The molecule has 2 aromatic carbocycles. The molecule has 0 radical (unpaired) electrons. The van der Waals surface area contributed by atoms with E-state index in [9.17, 15) is 9.59 Å². The van der Waals surface area contributed by atoms with Gasteiger partial charge in [0.2, 0.25) is 5.91 Å². The third-order valence-electron chi connectivity index (χ3n) is 5.09. The van der Waals surface area contributed by atoms with Gasteiger partial charge in [0.25, 0.3) is 5.91 Å². The molecule has 0 fully saturated rings. The number of aromatic nitrogens is 2. The van der Waals surface area contributed by atoms with Crippen molar-refractivity contribution < 1.29 is 9.59 Å². The maximum absolute atomic E-state index is 12.9. The summed E-state index contributed by atoms with van der Waals surface area (Å²) in [5, 5.41) is 5.86. The molecular formula is C21H23N5O2. The zero-order valence-corrected chi connectivity index (χ0v) is 15.9. The van der Waals surface area contributed by atoms with Gasteiger partial charge < -0.3 is 21.4 Å². The SMILES string of the molecule is CC(C)(NC(=O)c1ccc2c(c1)CCC(N)C(=O)N2)c1nc2ccccc2[nH]1. The topological polar surface area (TPSA) is 113 Å². The van der Waals surface area contributed by atoms with Crippen LogP contribution >= 0.6 is 0 Å². The number of fused-ring (bicyclic) bond motifs is 2. The summed E-state index contributed by atoms with van der Waals surface area (Å²) in [7, 11) is 0. The van der Waals surface area contributed by atoms with E-state index >= 15 is 0 Å². The van der Waals surface area contributed by atoms with Crippen LogP contribution in [0.15, 0.2) is 42.5 Å². The molecule has 7 nitrogen and oxygen atoms in total. The molecule has 0 bridgehead atoms. The molecule has 1 aromatic heterocycles. The lowest BCUT2D eigenvalue weighted by Gasteiger charge is -2.24. The number of hydrogen-bond acceptors (Lipinski definition) is 4. The van der Waals surface area contributed by atoms with E-state index in [1.807, 2.05) is 44.2 Å². The van der Waals surface area contributed by atoms with Crippen molar-refractivity contribution >= 4 is 28.5 Å². The van der Waals surface area contributed by atoms with Crippen molar-refractivity contribution in [1.29, 1.82) is 0 Å². The summed E-state index contributed by atoms with van der Waals surface area (Å²) >= 11 is 0. The fourth-order valence-electron chi connectivity index (χ4n) is 3.40. The molecule has 0 spiro atoms. The number of benzene rings is 2. The second-order valence-electron chi connectivity index (χ2n) is 7.69. The van der Waals surface area contributed by atoms with E-state index in [2.05, 4.69) is 20.6 Å². The van der Waals surface area contributed by atoms with Crippen molar-refractivity contribution in [3.8, 4) is 0 Å². The van der Waals surface area contributed by atoms with Crippen LogP contribution in [0.1, 0.15) is 42.0 Å². The molecule has 144 valence electrons. The Bertz CT molecular complexity index is 1040. The highest BCUT2D eigenvalue weighted by Gasteiger charge is 2.28. The van der Waals surface area contributed by atoms with Gasteiger partial charge in [-0.2, -0.15) is 0 Å². The molecule has 0 saturated carbocycles. The Hall–Kier alpha value is -3.19. The first-order chi connectivity index (χ1) is 13.3. The number of imidazole rings is 1. The first-order valence-corrected chi connectivity index (χ1v) is 9.30. The van der Waals surface area contributed by atoms with Crippen LogP contribution < -0.4 is 16.4 Å². The molecule has 28 heavy (non-hydrogen) atoms. The molecule has 1 unspecified atom stereocenters. The molecule has 4 rings (SSSR count). The predicted molar refractivity (Wildman–Crippen MR) is 108 cm³/mol. The maximum Gasteiger partial charge on any atom is 0.252 e. The number of carbonyl (C=O) groups excluding carboxylic acids is 2. The number of aryl methyl sites for hydroxylation is 1. The predicted octanol–water partition coefficient (Wildman–Crippen LogP) is 2.44. The van der Waals surface area contributed by atoms with Crippen LogP contribution in [-0.2, 0) is 16.8 Å². The van der Waals surface area contributed by atoms with Crippen LogP contribution in [0.5, 0.6) is 0 Å². The molecule has 2 heterocycles.